The molecule has 0 radical (unpaired) electrons. The van der Waals surface area contributed by atoms with Gasteiger partial charge in [-0.1, -0.05) is 23.7 Å². The first kappa shape index (κ1) is 14.1. The Morgan fingerprint density at radius 2 is 2.33 bits per heavy atom. The lowest BCUT2D eigenvalue weighted by Crippen LogP contribution is -2.41. The third-order valence-electron chi connectivity index (χ3n) is 3.94. The van der Waals surface area contributed by atoms with Crippen LogP contribution in [-0.2, 0) is 11.2 Å². The van der Waals surface area contributed by atoms with Crippen molar-refractivity contribution in [3.63, 3.8) is 0 Å². The number of nitrogens with zero attached hydrogens (tertiary/aromatic N) is 3. The molecule has 3 rings (SSSR count). The molecule has 2 heterocycles. The van der Waals surface area contributed by atoms with Gasteiger partial charge in [-0.3, -0.25) is 4.79 Å². The van der Waals surface area contributed by atoms with Gasteiger partial charge in [-0.05, 0) is 30.5 Å². The summed E-state index contributed by atoms with van der Waals surface area (Å²) in [4.78, 5) is 18.5. The summed E-state index contributed by atoms with van der Waals surface area (Å²) in [6, 6.07) is 7.85. The lowest BCUT2D eigenvalue weighted by atomic mass is 10.0. The van der Waals surface area contributed by atoms with Crippen LogP contribution in [0.3, 0.4) is 0 Å². The predicted molar refractivity (Wildman–Crippen MR) is 82.2 cm³/mol. The molecule has 1 aliphatic heterocycles. The molecule has 0 unspecified atom stereocenters. The van der Waals surface area contributed by atoms with E-state index in [1.807, 2.05) is 41.7 Å². The number of likely N-dealkylation sites (tertiary alicyclic amines) is 1. The fourth-order valence-electron chi connectivity index (χ4n) is 2.84. The highest BCUT2D eigenvalue weighted by Crippen LogP contribution is 2.22. The molecule has 0 N–H and O–H groups in total. The SMILES string of the molecule is O=C(Cc1cccc(Cl)c1)N1CCC[C@@H](n2ccnc2)C1. The zero-order valence-electron chi connectivity index (χ0n) is 11.8. The van der Waals surface area contributed by atoms with E-state index in [9.17, 15) is 4.79 Å². The molecule has 0 bridgehead atoms. The van der Waals surface area contributed by atoms with E-state index in [2.05, 4.69) is 9.55 Å². The summed E-state index contributed by atoms with van der Waals surface area (Å²) in [6.45, 7) is 1.60. The Bertz CT molecular complexity index is 612. The van der Waals surface area contributed by atoms with Crippen LogP contribution in [0.5, 0.6) is 0 Å². The molecule has 0 saturated carbocycles. The molecule has 4 nitrogen and oxygen atoms in total. The summed E-state index contributed by atoms with van der Waals surface area (Å²) in [6.07, 6.45) is 8.12. The number of benzene rings is 1. The average Bonchev–Trinajstić information content (AvgIpc) is 3.02. The molecule has 21 heavy (non-hydrogen) atoms. The van der Waals surface area contributed by atoms with Crippen LogP contribution in [0.15, 0.2) is 43.0 Å². The summed E-state index contributed by atoms with van der Waals surface area (Å²) in [7, 11) is 0. The Balaban J connectivity index is 1.64. The molecule has 1 fully saturated rings. The molecular formula is C16H18ClN3O. The van der Waals surface area contributed by atoms with Crippen molar-refractivity contribution in [2.45, 2.75) is 25.3 Å². The van der Waals surface area contributed by atoms with Gasteiger partial charge in [-0.2, -0.15) is 0 Å². The second-order valence-corrected chi connectivity index (χ2v) is 5.89. The molecule has 0 aliphatic carbocycles. The van der Waals surface area contributed by atoms with Crippen LogP contribution in [0.4, 0.5) is 0 Å². The van der Waals surface area contributed by atoms with Gasteiger partial charge in [0.15, 0.2) is 0 Å². The predicted octanol–water partition coefficient (Wildman–Crippen LogP) is 2.94. The molecule has 5 heteroatoms. The van der Waals surface area contributed by atoms with Crippen molar-refractivity contribution >= 4 is 17.5 Å². The lowest BCUT2D eigenvalue weighted by Gasteiger charge is -2.33. The van der Waals surface area contributed by atoms with Crippen LogP contribution < -0.4 is 0 Å². The Kier molecular flexibility index (Phi) is 4.25. The second kappa shape index (κ2) is 6.31. The maximum atomic E-state index is 12.5. The van der Waals surface area contributed by atoms with E-state index in [1.165, 1.54) is 0 Å². The molecule has 1 amide bonds. The zero-order valence-corrected chi connectivity index (χ0v) is 12.5. The Labute approximate surface area is 129 Å². The summed E-state index contributed by atoms with van der Waals surface area (Å²) >= 11 is 5.97. The van der Waals surface area contributed by atoms with Gasteiger partial charge in [0.2, 0.25) is 5.91 Å². The van der Waals surface area contributed by atoms with Gasteiger partial charge in [-0.15, -0.1) is 0 Å². The number of halogens is 1. The number of aromatic nitrogens is 2. The number of amides is 1. The number of piperidine rings is 1. The number of hydrogen-bond acceptors (Lipinski definition) is 2. The van der Waals surface area contributed by atoms with Crippen LogP contribution in [0.1, 0.15) is 24.4 Å². The van der Waals surface area contributed by atoms with Crippen molar-refractivity contribution in [1.29, 1.82) is 0 Å². The van der Waals surface area contributed by atoms with Crippen LogP contribution in [0.2, 0.25) is 5.02 Å². The zero-order chi connectivity index (χ0) is 14.7. The van der Waals surface area contributed by atoms with E-state index in [-0.39, 0.29) is 5.91 Å². The fraction of sp³-hybridized carbons (Fsp3) is 0.375. The van der Waals surface area contributed by atoms with Crippen LogP contribution >= 0.6 is 11.6 Å². The number of rotatable bonds is 3. The first-order valence-corrected chi connectivity index (χ1v) is 7.60. The molecule has 1 atom stereocenters. The molecule has 1 aliphatic rings. The molecular weight excluding hydrogens is 286 g/mol. The second-order valence-electron chi connectivity index (χ2n) is 5.45. The van der Waals surface area contributed by atoms with E-state index in [0.29, 0.717) is 17.5 Å². The number of carbonyl (C=O) groups excluding carboxylic acids is 1. The quantitative estimate of drug-likeness (QED) is 0.874. The van der Waals surface area contributed by atoms with Gasteiger partial charge < -0.3 is 9.47 Å². The van der Waals surface area contributed by atoms with Gasteiger partial charge in [0.05, 0.1) is 18.8 Å². The van der Waals surface area contributed by atoms with Gasteiger partial charge in [0.1, 0.15) is 0 Å². The first-order valence-electron chi connectivity index (χ1n) is 7.22. The standard InChI is InChI=1S/C16H18ClN3O/c17-14-4-1-3-13(9-14)10-16(21)19-7-2-5-15(11-19)20-8-6-18-12-20/h1,3-4,6,8-9,12,15H,2,5,7,10-11H2/t15-/m1/s1. The Morgan fingerprint density at radius 3 is 3.10 bits per heavy atom. The maximum Gasteiger partial charge on any atom is 0.227 e. The molecule has 110 valence electrons. The van der Waals surface area contributed by atoms with E-state index in [4.69, 9.17) is 11.6 Å². The van der Waals surface area contributed by atoms with Gasteiger partial charge in [-0.25, -0.2) is 4.98 Å². The topological polar surface area (TPSA) is 38.1 Å². The summed E-state index contributed by atoms with van der Waals surface area (Å²) in [5, 5.41) is 0.676. The molecule has 1 aromatic heterocycles. The highest BCUT2D eigenvalue weighted by atomic mass is 35.5. The third-order valence-corrected chi connectivity index (χ3v) is 4.18. The third kappa shape index (κ3) is 3.45. The summed E-state index contributed by atoms with van der Waals surface area (Å²) in [5.41, 5.74) is 0.970. The minimum Gasteiger partial charge on any atom is -0.340 e. The van der Waals surface area contributed by atoms with E-state index in [0.717, 1.165) is 31.5 Å². The van der Waals surface area contributed by atoms with Crippen LogP contribution in [0, 0.1) is 0 Å². The Morgan fingerprint density at radius 1 is 1.43 bits per heavy atom. The number of imidazole rings is 1. The average molecular weight is 304 g/mol. The molecule has 2 aromatic rings. The minimum absolute atomic E-state index is 0.169. The van der Waals surface area contributed by atoms with Crippen LogP contribution in [-0.4, -0.2) is 33.4 Å². The van der Waals surface area contributed by atoms with Crippen molar-refractivity contribution in [1.82, 2.24) is 14.5 Å². The molecule has 0 spiro atoms. The number of carbonyl (C=O) groups is 1. The number of hydrogen-bond donors (Lipinski definition) is 0. The summed E-state index contributed by atoms with van der Waals surface area (Å²) in [5.74, 6) is 0.169. The van der Waals surface area contributed by atoms with Gasteiger partial charge in [0.25, 0.3) is 0 Å². The van der Waals surface area contributed by atoms with Crippen molar-refractivity contribution in [2.75, 3.05) is 13.1 Å². The van der Waals surface area contributed by atoms with Crippen molar-refractivity contribution < 1.29 is 4.79 Å². The van der Waals surface area contributed by atoms with Crippen molar-refractivity contribution in [3.05, 3.63) is 53.6 Å². The van der Waals surface area contributed by atoms with Crippen molar-refractivity contribution in [2.24, 2.45) is 0 Å². The highest BCUT2D eigenvalue weighted by Gasteiger charge is 2.24. The normalized spacial score (nSPS) is 18.7. The Hall–Kier alpha value is -1.81. The van der Waals surface area contributed by atoms with Gasteiger partial charge >= 0.3 is 0 Å². The molecule has 1 aromatic carbocycles. The van der Waals surface area contributed by atoms with E-state index < -0.39 is 0 Å². The first-order chi connectivity index (χ1) is 10.2. The monoisotopic (exact) mass is 303 g/mol. The fourth-order valence-corrected chi connectivity index (χ4v) is 3.06. The maximum absolute atomic E-state index is 12.5. The minimum atomic E-state index is 0.169. The smallest absolute Gasteiger partial charge is 0.227 e. The van der Waals surface area contributed by atoms with E-state index in [1.54, 1.807) is 6.20 Å². The summed E-state index contributed by atoms with van der Waals surface area (Å²) < 4.78 is 2.10. The lowest BCUT2D eigenvalue weighted by molar-refractivity contribution is -0.132. The van der Waals surface area contributed by atoms with E-state index >= 15 is 0 Å². The van der Waals surface area contributed by atoms with Crippen molar-refractivity contribution in [3.8, 4) is 0 Å². The largest absolute Gasteiger partial charge is 0.340 e. The van der Waals surface area contributed by atoms with Gasteiger partial charge in [0, 0.05) is 30.5 Å². The van der Waals surface area contributed by atoms with Crippen LogP contribution in [0.25, 0.3) is 0 Å². The molecule has 1 saturated heterocycles. The highest BCUT2D eigenvalue weighted by molar-refractivity contribution is 6.30.